The molecule has 2 aromatic heterocycles. The van der Waals surface area contributed by atoms with Gasteiger partial charge in [-0.25, -0.2) is 0 Å². The third-order valence-electron chi connectivity index (χ3n) is 2.58. The first-order chi connectivity index (χ1) is 8.66. The third kappa shape index (κ3) is 3.01. The van der Waals surface area contributed by atoms with Crippen molar-refractivity contribution in [1.29, 1.82) is 0 Å². The van der Waals surface area contributed by atoms with Crippen LogP contribution in [0.25, 0.3) is 0 Å². The highest BCUT2D eigenvalue weighted by Crippen LogP contribution is 2.18. The molecule has 2 aromatic rings. The molecule has 0 saturated carbocycles. The quantitative estimate of drug-likeness (QED) is 0.824. The zero-order chi connectivity index (χ0) is 13.0. The topological polar surface area (TPSA) is 63.8 Å². The molecule has 2 rings (SSSR count). The Morgan fingerprint density at radius 3 is 2.89 bits per heavy atom. The van der Waals surface area contributed by atoms with E-state index in [1.165, 1.54) is 0 Å². The second kappa shape index (κ2) is 5.55. The van der Waals surface area contributed by atoms with Crippen molar-refractivity contribution < 1.29 is 0 Å². The Balaban J connectivity index is 2.14. The summed E-state index contributed by atoms with van der Waals surface area (Å²) in [5.74, 6) is 0. The van der Waals surface area contributed by atoms with Crippen LogP contribution in [0.2, 0.25) is 0 Å². The van der Waals surface area contributed by atoms with E-state index in [-0.39, 0.29) is 6.04 Å². The first-order valence-corrected chi connectivity index (χ1v) is 6.00. The molecule has 3 N–H and O–H groups in total. The van der Waals surface area contributed by atoms with Gasteiger partial charge in [-0.2, -0.15) is 0 Å². The highest BCUT2D eigenvalue weighted by atomic mass is 32.1. The Morgan fingerprint density at radius 1 is 1.39 bits per heavy atom. The summed E-state index contributed by atoms with van der Waals surface area (Å²) in [6, 6.07) is 7.82. The standard InChI is InChI=1S/C13H14N4S/c1-9(10-3-2-5-15-8-10)17-11-4-6-16-12(7-11)13(14)18/h2-9H,1H3,(H2,14,18)(H,16,17). The van der Waals surface area contributed by atoms with Gasteiger partial charge in [0.15, 0.2) is 0 Å². The molecule has 92 valence electrons. The van der Waals surface area contributed by atoms with Crippen LogP contribution in [-0.4, -0.2) is 15.0 Å². The maximum Gasteiger partial charge on any atom is 0.122 e. The molecule has 1 unspecified atom stereocenters. The van der Waals surface area contributed by atoms with Crippen molar-refractivity contribution in [1.82, 2.24) is 9.97 Å². The molecule has 0 saturated heterocycles. The molecule has 0 amide bonds. The lowest BCUT2D eigenvalue weighted by molar-refractivity contribution is 0.875. The van der Waals surface area contributed by atoms with Crippen LogP contribution in [0.15, 0.2) is 42.9 Å². The fraction of sp³-hybridized carbons (Fsp3) is 0.154. The number of aromatic nitrogens is 2. The van der Waals surface area contributed by atoms with E-state index >= 15 is 0 Å². The predicted octanol–water partition coefficient (Wildman–Crippen LogP) is 2.28. The van der Waals surface area contributed by atoms with E-state index in [1.807, 2.05) is 30.5 Å². The third-order valence-corrected chi connectivity index (χ3v) is 2.79. The summed E-state index contributed by atoms with van der Waals surface area (Å²) in [4.78, 5) is 8.50. The molecule has 4 nitrogen and oxygen atoms in total. The van der Waals surface area contributed by atoms with E-state index < -0.39 is 0 Å². The maximum atomic E-state index is 5.56. The summed E-state index contributed by atoms with van der Waals surface area (Å²) in [6.45, 7) is 2.07. The largest absolute Gasteiger partial charge is 0.388 e. The zero-order valence-electron chi connectivity index (χ0n) is 10.00. The summed E-state index contributed by atoms with van der Waals surface area (Å²) >= 11 is 4.91. The van der Waals surface area contributed by atoms with E-state index in [4.69, 9.17) is 18.0 Å². The molecule has 0 spiro atoms. The lowest BCUT2D eigenvalue weighted by atomic mass is 10.1. The van der Waals surface area contributed by atoms with Crippen molar-refractivity contribution in [3.05, 3.63) is 54.1 Å². The van der Waals surface area contributed by atoms with Crippen LogP contribution in [0.4, 0.5) is 5.69 Å². The number of nitrogens with two attached hydrogens (primary N) is 1. The van der Waals surface area contributed by atoms with Crippen molar-refractivity contribution in [2.24, 2.45) is 5.73 Å². The maximum absolute atomic E-state index is 5.56. The highest BCUT2D eigenvalue weighted by molar-refractivity contribution is 7.80. The monoisotopic (exact) mass is 258 g/mol. The second-order valence-electron chi connectivity index (χ2n) is 3.95. The normalized spacial score (nSPS) is 11.8. The minimum absolute atomic E-state index is 0.153. The van der Waals surface area contributed by atoms with Gasteiger partial charge in [0.05, 0.1) is 11.7 Å². The van der Waals surface area contributed by atoms with Gasteiger partial charge in [0.1, 0.15) is 4.99 Å². The number of rotatable bonds is 4. The van der Waals surface area contributed by atoms with E-state index in [9.17, 15) is 0 Å². The summed E-state index contributed by atoms with van der Waals surface area (Å²) in [5.41, 5.74) is 8.23. The Kier molecular flexibility index (Phi) is 3.84. The molecule has 0 fully saturated rings. The number of anilines is 1. The molecule has 0 aromatic carbocycles. The number of nitrogens with one attached hydrogen (secondary N) is 1. The van der Waals surface area contributed by atoms with Crippen molar-refractivity contribution in [2.45, 2.75) is 13.0 Å². The van der Waals surface area contributed by atoms with Gasteiger partial charge >= 0.3 is 0 Å². The van der Waals surface area contributed by atoms with Crippen molar-refractivity contribution in [3.8, 4) is 0 Å². The van der Waals surface area contributed by atoms with Gasteiger partial charge in [0, 0.05) is 24.3 Å². The molecular weight excluding hydrogens is 244 g/mol. The first-order valence-electron chi connectivity index (χ1n) is 5.59. The van der Waals surface area contributed by atoms with Crippen LogP contribution in [-0.2, 0) is 0 Å². The van der Waals surface area contributed by atoms with Gasteiger partial charge < -0.3 is 11.1 Å². The molecule has 0 bridgehead atoms. The fourth-order valence-corrected chi connectivity index (χ4v) is 1.73. The minimum atomic E-state index is 0.153. The van der Waals surface area contributed by atoms with E-state index in [0.29, 0.717) is 10.7 Å². The summed E-state index contributed by atoms with van der Waals surface area (Å²) in [6.07, 6.45) is 5.29. The second-order valence-corrected chi connectivity index (χ2v) is 4.39. The van der Waals surface area contributed by atoms with E-state index in [0.717, 1.165) is 11.3 Å². The smallest absolute Gasteiger partial charge is 0.122 e. The van der Waals surface area contributed by atoms with E-state index in [1.54, 1.807) is 12.4 Å². The van der Waals surface area contributed by atoms with Gasteiger partial charge in [-0.15, -0.1) is 0 Å². The molecule has 1 atom stereocenters. The van der Waals surface area contributed by atoms with Gasteiger partial charge in [-0.3, -0.25) is 9.97 Å². The molecule has 0 aliphatic heterocycles. The lowest BCUT2D eigenvalue weighted by Gasteiger charge is -2.15. The molecule has 0 aliphatic rings. The Labute approximate surface area is 111 Å². The van der Waals surface area contributed by atoms with Crippen LogP contribution in [0.1, 0.15) is 24.2 Å². The Bertz CT molecular complexity index is 542. The Morgan fingerprint density at radius 2 is 2.22 bits per heavy atom. The highest BCUT2D eigenvalue weighted by Gasteiger charge is 2.06. The summed E-state index contributed by atoms with van der Waals surface area (Å²) in [7, 11) is 0. The van der Waals surface area contributed by atoms with Gasteiger partial charge in [-0.1, -0.05) is 18.3 Å². The molecule has 0 aliphatic carbocycles. The summed E-state index contributed by atoms with van der Waals surface area (Å²) in [5, 5.41) is 3.36. The zero-order valence-corrected chi connectivity index (χ0v) is 10.8. The molecule has 5 heteroatoms. The number of pyridine rings is 2. The Hall–Kier alpha value is -2.01. The fourth-order valence-electron chi connectivity index (χ4n) is 1.62. The lowest BCUT2D eigenvalue weighted by Crippen LogP contribution is -2.13. The average molecular weight is 258 g/mol. The van der Waals surface area contributed by atoms with Gasteiger partial charge in [0.25, 0.3) is 0 Å². The molecule has 18 heavy (non-hydrogen) atoms. The van der Waals surface area contributed by atoms with Crippen molar-refractivity contribution in [3.63, 3.8) is 0 Å². The minimum Gasteiger partial charge on any atom is -0.388 e. The van der Waals surface area contributed by atoms with Crippen LogP contribution in [0.3, 0.4) is 0 Å². The molecule has 2 heterocycles. The van der Waals surface area contributed by atoms with Crippen LogP contribution < -0.4 is 11.1 Å². The number of thiocarbonyl (C=S) groups is 1. The number of nitrogens with zero attached hydrogens (tertiary/aromatic N) is 2. The van der Waals surface area contributed by atoms with Crippen molar-refractivity contribution >= 4 is 22.9 Å². The predicted molar refractivity (Wildman–Crippen MR) is 76.4 cm³/mol. The van der Waals surface area contributed by atoms with Crippen LogP contribution >= 0.6 is 12.2 Å². The molecule has 0 radical (unpaired) electrons. The van der Waals surface area contributed by atoms with Gasteiger partial charge in [-0.05, 0) is 30.7 Å². The summed E-state index contributed by atoms with van der Waals surface area (Å²) < 4.78 is 0. The van der Waals surface area contributed by atoms with E-state index in [2.05, 4.69) is 22.2 Å². The van der Waals surface area contributed by atoms with Crippen LogP contribution in [0.5, 0.6) is 0 Å². The van der Waals surface area contributed by atoms with Gasteiger partial charge in [0.2, 0.25) is 0 Å². The number of hydrogen-bond donors (Lipinski definition) is 2. The van der Waals surface area contributed by atoms with Crippen molar-refractivity contribution in [2.75, 3.05) is 5.32 Å². The number of hydrogen-bond acceptors (Lipinski definition) is 4. The SMILES string of the molecule is CC(Nc1ccnc(C(N)=S)c1)c1cccnc1. The average Bonchev–Trinajstić information content (AvgIpc) is 2.40. The molecular formula is C13H14N4S. The first kappa shape index (κ1) is 12.4. The van der Waals surface area contributed by atoms with Crippen LogP contribution in [0, 0.1) is 0 Å².